The Kier molecular flexibility index (Phi) is 7.67. The molecule has 1 saturated heterocycles. The summed E-state index contributed by atoms with van der Waals surface area (Å²) in [5.74, 6) is 0.269. The molecule has 0 saturated carbocycles. The van der Waals surface area contributed by atoms with E-state index < -0.39 is 24.5 Å². The number of carbonyl (C=O) groups is 1. The second-order valence-corrected chi connectivity index (χ2v) is 7.23. The minimum Gasteiger partial charge on any atom is -0.463 e. The average Bonchev–Trinajstić information content (AvgIpc) is 3.10. The SMILES string of the molecule is CCCCCCCC(=O)OC[C@H]1O[C@@H](N2C=C(N)SC2)[C@H](O)[C@@H]1O. The Hall–Kier alpha value is -0.960. The van der Waals surface area contributed by atoms with Crippen LogP contribution in [0.2, 0.25) is 0 Å². The molecule has 0 amide bonds. The molecular weight excluding hydrogens is 332 g/mol. The first-order chi connectivity index (χ1) is 11.5. The highest BCUT2D eigenvalue weighted by atomic mass is 32.2. The van der Waals surface area contributed by atoms with Crippen LogP contribution >= 0.6 is 11.8 Å². The second kappa shape index (κ2) is 9.50. The Labute approximate surface area is 147 Å². The highest BCUT2D eigenvalue weighted by Crippen LogP contribution is 2.30. The summed E-state index contributed by atoms with van der Waals surface area (Å²) in [4.78, 5) is 13.5. The van der Waals surface area contributed by atoms with Crippen LogP contribution in [0, 0.1) is 0 Å². The fourth-order valence-electron chi connectivity index (χ4n) is 2.80. The molecule has 2 heterocycles. The molecule has 138 valence electrons. The maximum atomic E-state index is 11.7. The first kappa shape index (κ1) is 19.4. The first-order valence-corrected chi connectivity index (χ1v) is 9.54. The lowest BCUT2D eigenvalue weighted by molar-refractivity contribution is -0.150. The summed E-state index contributed by atoms with van der Waals surface area (Å²) in [5, 5.41) is 20.9. The van der Waals surface area contributed by atoms with Gasteiger partial charge in [0.2, 0.25) is 0 Å². The molecule has 4 atom stereocenters. The number of hydrogen-bond donors (Lipinski definition) is 3. The van der Waals surface area contributed by atoms with Gasteiger partial charge < -0.3 is 30.3 Å². The molecule has 1 fully saturated rings. The van der Waals surface area contributed by atoms with E-state index in [9.17, 15) is 15.0 Å². The van der Waals surface area contributed by atoms with E-state index in [2.05, 4.69) is 6.92 Å². The van der Waals surface area contributed by atoms with Crippen molar-refractivity contribution in [1.29, 1.82) is 0 Å². The predicted octanol–water partition coefficient (Wildman–Crippen LogP) is 1.10. The van der Waals surface area contributed by atoms with Crippen molar-refractivity contribution in [2.24, 2.45) is 5.73 Å². The standard InChI is InChI=1S/C16H28N2O5S/c1-2-3-4-5-6-7-13(19)22-9-11-14(20)15(21)16(23-11)18-8-12(17)24-10-18/h8,11,14-16,20-21H,2-7,9-10,17H2,1H3/t11-,14-,15-,16-/m1/s1. The van der Waals surface area contributed by atoms with Crippen molar-refractivity contribution in [3.8, 4) is 0 Å². The van der Waals surface area contributed by atoms with E-state index >= 15 is 0 Å². The van der Waals surface area contributed by atoms with Gasteiger partial charge in [0, 0.05) is 12.6 Å². The minimum atomic E-state index is -1.09. The zero-order valence-corrected chi connectivity index (χ0v) is 14.9. The van der Waals surface area contributed by atoms with Crippen molar-refractivity contribution < 1.29 is 24.5 Å². The number of ether oxygens (including phenoxy) is 2. The van der Waals surface area contributed by atoms with Gasteiger partial charge >= 0.3 is 5.97 Å². The van der Waals surface area contributed by atoms with Gasteiger partial charge in [-0.3, -0.25) is 4.79 Å². The number of carbonyl (C=O) groups excluding carboxylic acids is 1. The molecule has 0 aromatic carbocycles. The van der Waals surface area contributed by atoms with E-state index in [1.165, 1.54) is 24.6 Å². The molecule has 0 aromatic heterocycles. The maximum Gasteiger partial charge on any atom is 0.305 e. The van der Waals surface area contributed by atoms with Crippen LogP contribution in [0.25, 0.3) is 0 Å². The Morgan fingerprint density at radius 3 is 2.79 bits per heavy atom. The van der Waals surface area contributed by atoms with E-state index in [0.717, 1.165) is 19.3 Å². The van der Waals surface area contributed by atoms with E-state index in [1.807, 2.05) is 0 Å². The molecule has 2 rings (SSSR count). The van der Waals surface area contributed by atoms with Crippen LogP contribution < -0.4 is 5.73 Å². The van der Waals surface area contributed by atoms with Crippen LogP contribution in [0.4, 0.5) is 0 Å². The lowest BCUT2D eigenvalue weighted by atomic mass is 10.1. The quantitative estimate of drug-likeness (QED) is 0.415. The smallest absolute Gasteiger partial charge is 0.305 e. The predicted molar refractivity (Wildman–Crippen MR) is 91.6 cm³/mol. The molecule has 7 nitrogen and oxygen atoms in total. The van der Waals surface area contributed by atoms with Gasteiger partial charge in [0.25, 0.3) is 0 Å². The van der Waals surface area contributed by atoms with Crippen molar-refractivity contribution in [3.63, 3.8) is 0 Å². The van der Waals surface area contributed by atoms with Crippen LogP contribution in [-0.4, -0.2) is 58.1 Å². The van der Waals surface area contributed by atoms with Gasteiger partial charge in [-0.05, 0) is 6.42 Å². The molecule has 0 radical (unpaired) electrons. The summed E-state index contributed by atoms with van der Waals surface area (Å²) >= 11 is 1.44. The Morgan fingerprint density at radius 1 is 1.38 bits per heavy atom. The summed E-state index contributed by atoms with van der Waals surface area (Å²) in [6, 6.07) is 0. The third-order valence-electron chi connectivity index (χ3n) is 4.23. The highest BCUT2D eigenvalue weighted by molar-refractivity contribution is 8.03. The fraction of sp³-hybridized carbons (Fsp3) is 0.812. The minimum absolute atomic E-state index is 0.0529. The number of nitrogens with two attached hydrogens (primary N) is 1. The van der Waals surface area contributed by atoms with E-state index in [0.29, 0.717) is 17.3 Å². The van der Waals surface area contributed by atoms with Crippen molar-refractivity contribution in [3.05, 3.63) is 11.2 Å². The number of aliphatic hydroxyl groups is 2. The summed E-state index contributed by atoms with van der Waals surface area (Å²) in [5.41, 5.74) is 5.70. The van der Waals surface area contributed by atoms with Crippen LogP contribution in [0.5, 0.6) is 0 Å². The molecule has 0 unspecified atom stereocenters. The van der Waals surface area contributed by atoms with Crippen LogP contribution in [0.3, 0.4) is 0 Å². The molecule has 24 heavy (non-hydrogen) atoms. The molecule has 8 heteroatoms. The Bertz CT molecular complexity index is 448. The van der Waals surface area contributed by atoms with Gasteiger partial charge in [0.05, 0.1) is 10.9 Å². The largest absolute Gasteiger partial charge is 0.463 e. The van der Waals surface area contributed by atoms with Gasteiger partial charge in [-0.2, -0.15) is 0 Å². The van der Waals surface area contributed by atoms with E-state index in [-0.39, 0.29) is 12.6 Å². The van der Waals surface area contributed by atoms with Crippen LogP contribution in [0.15, 0.2) is 11.2 Å². The van der Waals surface area contributed by atoms with E-state index in [1.54, 1.807) is 11.1 Å². The number of esters is 1. The highest BCUT2D eigenvalue weighted by Gasteiger charge is 2.46. The molecule has 2 aliphatic heterocycles. The van der Waals surface area contributed by atoms with Crippen LogP contribution in [-0.2, 0) is 14.3 Å². The molecule has 0 spiro atoms. The maximum absolute atomic E-state index is 11.7. The molecule has 0 aliphatic carbocycles. The average molecular weight is 360 g/mol. The van der Waals surface area contributed by atoms with Gasteiger partial charge in [0.1, 0.15) is 24.9 Å². The molecule has 0 aromatic rings. The molecule has 4 N–H and O–H groups in total. The number of hydrogen-bond acceptors (Lipinski definition) is 8. The first-order valence-electron chi connectivity index (χ1n) is 8.56. The number of nitrogens with zero attached hydrogens (tertiary/aromatic N) is 1. The fourth-order valence-corrected chi connectivity index (χ4v) is 3.52. The number of unbranched alkanes of at least 4 members (excludes halogenated alkanes) is 4. The molecule has 2 aliphatic rings. The van der Waals surface area contributed by atoms with Crippen molar-refractivity contribution in [2.75, 3.05) is 12.5 Å². The third kappa shape index (κ3) is 5.27. The number of aliphatic hydroxyl groups excluding tert-OH is 2. The van der Waals surface area contributed by atoms with Crippen molar-refractivity contribution >= 4 is 17.7 Å². The zero-order valence-electron chi connectivity index (χ0n) is 14.1. The lowest BCUT2D eigenvalue weighted by Gasteiger charge is -2.25. The monoisotopic (exact) mass is 360 g/mol. The molecule has 0 bridgehead atoms. The normalized spacial score (nSPS) is 29.8. The van der Waals surface area contributed by atoms with Gasteiger partial charge in [-0.15, -0.1) is 0 Å². The zero-order chi connectivity index (χ0) is 17.5. The van der Waals surface area contributed by atoms with Gasteiger partial charge in [0.15, 0.2) is 6.23 Å². The number of thioether (sulfide) groups is 1. The Morgan fingerprint density at radius 2 is 2.12 bits per heavy atom. The van der Waals surface area contributed by atoms with Gasteiger partial charge in [-0.1, -0.05) is 44.4 Å². The Balaban J connectivity index is 1.70. The molecular formula is C16H28N2O5S. The summed E-state index contributed by atoms with van der Waals surface area (Å²) in [6.07, 6.45) is 3.83. The topological polar surface area (TPSA) is 105 Å². The second-order valence-electron chi connectivity index (χ2n) is 6.21. The summed E-state index contributed by atoms with van der Waals surface area (Å²) in [7, 11) is 0. The van der Waals surface area contributed by atoms with Crippen molar-refractivity contribution in [2.45, 2.75) is 70.0 Å². The third-order valence-corrected chi connectivity index (χ3v) is 5.10. The van der Waals surface area contributed by atoms with Crippen molar-refractivity contribution in [1.82, 2.24) is 4.90 Å². The summed E-state index contributed by atoms with van der Waals surface area (Å²) in [6.45, 7) is 2.09. The summed E-state index contributed by atoms with van der Waals surface area (Å²) < 4.78 is 10.8. The van der Waals surface area contributed by atoms with Crippen LogP contribution in [0.1, 0.15) is 45.4 Å². The van der Waals surface area contributed by atoms with Gasteiger partial charge in [-0.25, -0.2) is 0 Å². The number of rotatable bonds is 9. The lowest BCUT2D eigenvalue weighted by Crippen LogP contribution is -2.40. The van der Waals surface area contributed by atoms with E-state index in [4.69, 9.17) is 15.2 Å².